The van der Waals surface area contributed by atoms with Crippen molar-refractivity contribution in [3.63, 3.8) is 0 Å². The van der Waals surface area contributed by atoms with Gasteiger partial charge in [0.2, 0.25) is 0 Å². The first-order valence-electron chi connectivity index (χ1n) is 8.36. The molecule has 5 nitrogen and oxygen atoms in total. The molecular formula is C21H13Cl3N4O. The monoisotopic (exact) mass is 442 g/mol. The number of rotatable bonds is 5. The molecule has 0 aliphatic rings. The highest BCUT2D eigenvalue weighted by molar-refractivity contribution is 6.42. The molecule has 0 aliphatic carbocycles. The Kier molecular flexibility index (Phi) is 6.59. The molecule has 144 valence electrons. The largest absolute Gasteiger partial charge is 0.471 e. The molecule has 0 saturated heterocycles. The van der Waals surface area contributed by atoms with Crippen LogP contribution < -0.4 is 10.5 Å². The van der Waals surface area contributed by atoms with Crippen LogP contribution in [0.25, 0.3) is 0 Å². The third-order valence-electron chi connectivity index (χ3n) is 4.13. The van der Waals surface area contributed by atoms with E-state index in [1.165, 1.54) is 12.1 Å². The number of nitriles is 2. The number of aromatic nitrogens is 1. The molecular weight excluding hydrogens is 431 g/mol. The Hall–Kier alpha value is -2.80. The van der Waals surface area contributed by atoms with Gasteiger partial charge in [-0.3, -0.25) is 10.7 Å². The van der Waals surface area contributed by atoms with Crippen LogP contribution in [0.15, 0.2) is 48.7 Å². The van der Waals surface area contributed by atoms with E-state index in [1.54, 1.807) is 36.5 Å². The van der Waals surface area contributed by atoms with E-state index in [2.05, 4.69) is 4.98 Å². The minimum absolute atomic E-state index is 0.226. The lowest BCUT2D eigenvalue weighted by atomic mass is 10.0. The highest BCUT2D eigenvalue weighted by Crippen LogP contribution is 2.34. The summed E-state index contributed by atoms with van der Waals surface area (Å²) in [5.41, 5.74) is 8.72. The highest BCUT2D eigenvalue weighted by Gasteiger charge is 2.16. The molecule has 1 aromatic heterocycles. The van der Waals surface area contributed by atoms with Gasteiger partial charge in [0.25, 0.3) is 0 Å². The standard InChI is InChI=1S/C21H13Cl3N4O/c22-16-3-4-17(28-11-16)6-14-7-18(23)19(24)8-20(14)29-21(27)12-1-2-13(9-25)15(5-12)10-26/h1-5,7-8,11,21H,6,27H2. The van der Waals surface area contributed by atoms with E-state index in [0.717, 1.165) is 11.3 Å². The summed E-state index contributed by atoms with van der Waals surface area (Å²) in [6.07, 6.45) is 1.09. The predicted octanol–water partition coefficient (Wildman–Crippen LogP) is 5.41. The topological polar surface area (TPSA) is 95.7 Å². The van der Waals surface area contributed by atoms with E-state index in [4.69, 9.17) is 50.5 Å². The second-order valence-corrected chi connectivity index (χ2v) is 7.34. The minimum atomic E-state index is -0.885. The van der Waals surface area contributed by atoms with Crippen LogP contribution in [0, 0.1) is 22.7 Å². The van der Waals surface area contributed by atoms with Crippen molar-refractivity contribution in [1.29, 1.82) is 10.5 Å². The third kappa shape index (κ3) is 4.98. The van der Waals surface area contributed by atoms with Gasteiger partial charge in [-0.05, 0) is 30.3 Å². The van der Waals surface area contributed by atoms with Gasteiger partial charge in [0.05, 0.1) is 26.2 Å². The molecule has 0 saturated carbocycles. The molecule has 8 heteroatoms. The number of nitrogens with two attached hydrogens (primary N) is 1. The molecule has 1 heterocycles. The Morgan fingerprint density at radius 1 is 0.966 bits per heavy atom. The number of hydrogen-bond donors (Lipinski definition) is 1. The van der Waals surface area contributed by atoms with Crippen molar-refractivity contribution in [3.05, 3.63) is 91.7 Å². The van der Waals surface area contributed by atoms with Gasteiger partial charge >= 0.3 is 0 Å². The molecule has 0 fully saturated rings. The summed E-state index contributed by atoms with van der Waals surface area (Å²) in [5.74, 6) is 0.437. The zero-order valence-corrected chi connectivity index (χ0v) is 17.1. The van der Waals surface area contributed by atoms with Crippen LogP contribution in [0.1, 0.15) is 34.2 Å². The summed E-state index contributed by atoms with van der Waals surface area (Å²) in [4.78, 5) is 4.28. The van der Waals surface area contributed by atoms with Crippen LogP contribution in [0.2, 0.25) is 15.1 Å². The Balaban J connectivity index is 1.92. The van der Waals surface area contributed by atoms with Crippen LogP contribution in [0.3, 0.4) is 0 Å². The van der Waals surface area contributed by atoms with E-state index in [0.29, 0.717) is 32.8 Å². The summed E-state index contributed by atoms with van der Waals surface area (Å²) in [6.45, 7) is 0. The van der Waals surface area contributed by atoms with Crippen molar-refractivity contribution in [2.24, 2.45) is 5.73 Å². The normalized spacial score (nSPS) is 11.4. The number of halogens is 3. The van der Waals surface area contributed by atoms with Gasteiger partial charge in [-0.15, -0.1) is 0 Å². The number of benzene rings is 2. The van der Waals surface area contributed by atoms with Crippen molar-refractivity contribution in [1.82, 2.24) is 4.98 Å². The van der Waals surface area contributed by atoms with Crippen LogP contribution in [-0.2, 0) is 6.42 Å². The number of hydrogen-bond acceptors (Lipinski definition) is 5. The molecule has 0 spiro atoms. The molecule has 3 rings (SSSR count). The van der Waals surface area contributed by atoms with E-state index in [-0.39, 0.29) is 11.1 Å². The smallest absolute Gasteiger partial charge is 0.174 e. The molecule has 1 atom stereocenters. The van der Waals surface area contributed by atoms with Gasteiger partial charge in [-0.1, -0.05) is 40.9 Å². The first kappa shape index (κ1) is 20.9. The van der Waals surface area contributed by atoms with Crippen LogP contribution in [0.5, 0.6) is 5.75 Å². The molecule has 0 amide bonds. The molecule has 0 aliphatic heterocycles. The van der Waals surface area contributed by atoms with Crippen molar-refractivity contribution in [2.45, 2.75) is 12.6 Å². The van der Waals surface area contributed by atoms with Crippen molar-refractivity contribution in [3.8, 4) is 17.9 Å². The molecule has 3 aromatic rings. The molecule has 1 unspecified atom stereocenters. The third-order valence-corrected chi connectivity index (χ3v) is 5.08. The summed E-state index contributed by atoms with van der Waals surface area (Å²) in [5, 5.41) is 19.5. The Morgan fingerprint density at radius 3 is 2.34 bits per heavy atom. The first-order valence-corrected chi connectivity index (χ1v) is 9.49. The van der Waals surface area contributed by atoms with Crippen LogP contribution in [-0.4, -0.2) is 4.98 Å². The van der Waals surface area contributed by atoms with Gasteiger partial charge in [0.1, 0.15) is 17.9 Å². The number of pyridine rings is 1. The SMILES string of the molecule is N#Cc1ccc(C(N)Oc2cc(Cl)c(Cl)cc2Cc2ccc(Cl)cn2)cc1C#N. The van der Waals surface area contributed by atoms with E-state index >= 15 is 0 Å². The Bertz CT molecular complexity index is 1130. The average Bonchev–Trinajstić information content (AvgIpc) is 2.72. The fourth-order valence-electron chi connectivity index (χ4n) is 2.66. The molecule has 2 aromatic carbocycles. The van der Waals surface area contributed by atoms with Crippen LogP contribution >= 0.6 is 34.8 Å². The van der Waals surface area contributed by atoms with E-state index in [9.17, 15) is 5.26 Å². The van der Waals surface area contributed by atoms with E-state index < -0.39 is 6.23 Å². The van der Waals surface area contributed by atoms with Crippen molar-refractivity contribution >= 4 is 34.8 Å². The van der Waals surface area contributed by atoms with E-state index in [1.807, 2.05) is 12.1 Å². The van der Waals surface area contributed by atoms with Gasteiger partial charge in [0, 0.05) is 35.5 Å². The quantitative estimate of drug-likeness (QED) is 0.532. The minimum Gasteiger partial charge on any atom is -0.471 e. The number of ether oxygens (including phenoxy) is 1. The molecule has 2 N–H and O–H groups in total. The average molecular weight is 444 g/mol. The van der Waals surface area contributed by atoms with Crippen molar-refractivity contribution < 1.29 is 4.74 Å². The molecule has 29 heavy (non-hydrogen) atoms. The second kappa shape index (κ2) is 9.13. The number of nitrogens with zero attached hydrogens (tertiary/aromatic N) is 3. The lowest BCUT2D eigenvalue weighted by molar-refractivity contribution is 0.212. The molecule has 0 radical (unpaired) electrons. The van der Waals surface area contributed by atoms with Gasteiger partial charge in [-0.25, -0.2) is 0 Å². The lowest BCUT2D eigenvalue weighted by Gasteiger charge is -2.19. The fraction of sp³-hybridized carbons (Fsp3) is 0.0952. The zero-order valence-electron chi connectivity index (χ0n) is 14.9. The Labute approximate surface area is 182 Å². The maximum Gasteiger partial charge on any atom is 0.174 e. The predicted molar refractivity (Wildman–Crippen MR) is 112 cm³/mol. The summed E-state index contributed by atoms with van der Waals surface area (Å²) < 4.78 is 5.92. The maximum absolute atomic E-state index is 9.21. The highest BCUT2D eigenvalue weighted by atomic mass is 35.5. The van der Waals surface area contributed by atoms with Crippen molar-refractivity contribution in [2.75, 3.05) is 0 Å². The lowest BCUT2D eigenvalue weighted by Crippen LogP contribution is -2.18. The second-order valence-electron chi connectivity index (χ2n) is 6.09. The van der Waals surface area contributed by atoms with Gasteiger partial charge < -0.3 is 4.74 Å². The fourth-order valence-corrected chi connectivity index (χ4v) is 3.11. The zero-order chi connectivity index (χ0) is 21.0. The summed E-state index contributed by atoms with van der Waals surface area (Å²) >= 11 is 18.2. The van der Waals surface area contributed by atoms with Crippen LogP contribution in [0.4, 0.5) is 0 Å². The van der Waals surface area contributed by atoms with Gasteiger partial charge in [-0.2, -0.15) is 10.5 Å². The first-order chi connectivity index (χ1) is 13.9. The van der Waals surface area contributed by atoms with Gasteiger partial charge in [0.15, 0.2) is 6.23 Å². The maximum atomic E-state index is 9.21. The summed E-state index contributed by atoms with van der Waals surface area (Å²) in [7, 11) is 0. The Morgan fingerprint density at radius 2 is 1.69 bits per heavy atom. The summed E-state index contributed by atoms with van der Waals surface area (Å²) in [6, 6.07) is 15.5. The molecule has 0 bridgehead atoms.